The maximum atomic E-state index is 9.99. The number of nitrogens with zero attached hydrogens (tertiary/aromatic N) is 2. The van der Waals surface area contributed by atoms with Gasteiger partial charge in [0.15, 0.2) is 0 Å². The van der Waals surface area contributed by atoms with E-state index >= 15 is 0 Å². The van der Waals surface area contributed by atoms with Crippen molar-refractivity contribution in [2.24, 2.45) is 5.16 Å². The van der Waals surface area contributed by atoms with Crippen LogP contribution in [0.25, 0.3) is 0 Å². The lowest BCUT2D eigenvalue weighted by atomic mass is 10.7. The number of nitrogens with one attached hydrogen (secondary N) is 1. The molecule has 0 bridgehead atoms. The van der Waals surface area contributed by atoms with Crippen molar-refractivity contribution in [3.63, 3.8) is 0 Å². The molecule has 0 aliphatic heterocycles. The fourth-order valence-electron chi connectivity index (χ4n) is 0.375. The zero-order valence-electron chi connectivity index (χ0n) is 5.35. The monoisotopic (exact) mass is 170 g/mol. The number of carbonyl (C=O) groups is 1. The van der Waals surface area contributed by atoms with Gasteiger partial charge in [0, 0.05) is 11.6 Å². The molecule has 1 aromatic rings. The number of carbonyl (C=O) groups excluding carboxylic acids is 1. The highest BCUT2D eigenvalue weighted by Gasteiger charge is 1.92. The van der Waals surface area contributed by atoms with Crippen molar-refractivity contribution < 1.29 is 9.63 Å². The van der Waals surface area contributed by atoms with E-state index in [-0.39, 0.29) is 0 Å². The first-order chi connectivity index (χ1) is 5.29. The third-order valence-corrected chi connectivity index (χ3v) is 1.35. The van der Waals surface area contributed by atoms with Crippen LogP contribution in [-0.4, -0.2) is 17.1 Å². The quantitative estimate of drug-likeness (QED) is 0.484. The lowest BCUT2D eigenvalue weighted by molar-refractivity contribution is -0.112. The summed E-state index contributed by atoms with van der Waals surface area (Å²) in [5.41, 5.74) is 6.42. The molecule has 0 aliphatic carbocycles. The van der Waals surface area contributed by atoms with Crippen LogP contribution >= 0.6 is 11.3 Å². The summed E-state index contributed by atoms with van der Waals surface area (Å²) in [6.45, 7) is 0. The topological polar surface area (TPSA) is 75.4 Å². The second-order valence-corrected chi connectivity index (χ2v) is 2.35. The number of oxime groups is 1. The standard InChI is InChI=1S/C5H4N3O2S/c6-4(9)3-8-10-5-7-1-2-11-5/h1-3,6H. The smallest absolute Gasteiger partial charge is 0.305 e. The number of aromatic nitrogens is 1. The Balaban J connectivity index is 2.40. The van der Waals surface area contributed by atoms with Gasteiger partial charge in [0.05, 0.1) is 0 Å². The van der Waals surface area contributed by atoms with Gasteiger partial charge in [-0.3, -0.25) is 10.5 Å². The molecule has 0 unspecified atom stereocenters. The van der Waals surface area contributed by atoms with E-state index in [0.717, 1.165) is 6.21 Å². The van der Waals surface area contributed by atoms with Gasteiger partial charge in [-0.2, -0.15) is 0 Å². The molecular formula is C5H4N3O2S. The van der Waals surface area contributed by atoms with Crippen molar-refractivity contribution in [2.45, 2.75) is 0 Å². The highest BCUT2D eigenvalue weighted by molar-refractivity contribution is 7.11. The van der Waals surface area contributed by atoms with Crippen LogP contribution in [0.2, 0.25) is 0 Å². The summed E-state index contributed by atoms with van der Waals surface area (Å²) in [6, 6.07) is 0. The first kappa shape index (κ1) is 7.67. The van der Waals surface area contributed by atoms with E-state index in [1.54, 1.807) is 11.6 Å². The molecule has 1 radical (unpaired) electrons. The Bertz CT molecular complexity index is 257. The van der Waals surface area contributed by atoms with Gasteiger partial charge in [0.2, 0.25) is 0 Å². The molecule has 11 heavy (non-hydrogen) atoms. The van der Waals surface area contributed by atoms with E-state index in [1.165, 1.54) is 11.3 Å². The minimum absolute atomic E-state index is 0.350. The van der Waals surface area contributed by atoms with Crippen molar-refractivity contribution in [1.82, 2.24) is 10.7 Å². The summed E-state index contributed by atoms with van der Waals surface area (Å²) in [6.07, 6.45) is 2.32. The largest absolute Gasteiger partial charge is 0.325 e. The SMILES string of the molecule is [NH]C(=O)C=NOc1nccs1. The minimum atomic E-state index is -0.901. The van der Waals surface area contributed by atoms with Gasteiger partial charge in [-0.25, -0.2) is 4.98 Å². The Labute approximate surface area is 66.5 Å². The lowest BCUT2D eigenvalue weighted by Crippen LogP contribution is -1.99. The Hall–Kier alpha value is -1.43. The molecule has 0 saturated heterocycles. The van der Waals surface area contributed by atoms with E-state index < -0.39 is 5.91 Å². The van der Waals surface area contributed by atoms with Crippen molar-refractivity contribution in [3.05, 3.63) is 11.6 Å². The Morgan fingerprint density at radius 1 is 1.91 bits per heavy atom. The molecule has 0 fully saturated rings. The van der Waals surface area contributed by atoms with Crippen molar-refractivity contribution in [3.8, 4) is 5.19 Å². The Kier molecular flexibility index (Phi) is 2.56. The summed E-state index contributed by atoms with van der Waals surface area (Å²) in [4.78, 5) is 18.3. The molecule has 1 N–H and O–H groups in total. The molecule has 1 aromatic heterocycles. The normalized spacial score (nSPS) is 10.2. The van der Waals surface area contributed by atoms with Crippen LogP contribution in [0.4, 0.5) is 0 Å². The van der Waals surface area contributed by atoms with Crippen LogP contribution in [-0.2, 0) is 4.79 Å². The zero-order chi connectivity index (χ0) is 8.10. The summed E-state index contributed by atoms with van der Waals surface area (Å²) >= 11 is 1.25. The molecular weight excluding hydrogens is 166 g/mol. The third-order valence-electron chi connectivity index (χ3n) is 0.710. The van der Waals surface area contributed by atoms with E-state index in [2.05, 4.69) is 15.0 Å². The summed E-state index contributed by atoms with van der Waals surface area (Å²) < 4.78 is 0. The van der Waals surface area contributed by atoms with Gasteiger partial charge in [0.25, 0.3) is 5.91 Å². The third kappa shape index (κ3) is 2.76. The number of thiazole rings is 1. The fraction of sp³-hybridized carbons (Fsp3) is 0. The van der Waals surface area contributed by atoms with E-state index in [4.69, 9.17) is 5.73 Å². The second kappa shape index (κ2) is 3.67. The van der Waals surface area contributed by atoms with Crippen LogP contribution in [0.3, 0.4) is 0 Å². The van der Waals surface area contributed by atoms with Crippen LogP contribution in [0.15, 0.2) is 16.7 Å². The number of hydrogen-bond donors (Lipinski definition) is 0. The molecule has 0 atom stereocenters. The van der Waals surface area contributed by atoms with Crippen LogP contribution in [0.5, 0.6) is 5.19 Å². The summed E-state index contributed by atoms with van der Waals surface area (Å²) in [5.74, 6) is -0.901. The predicted octanol–water partition coefficient (Wildman–Crippen LogP) is 0.317. The Morgan fingerprint density at radius 3 is 3.27 bits per heavy atom. The van der Waals surface area contributed by atoms with E-state index in [1.807, 2.05) is 0 Å². The molecule has 1 heterocycles. The molecule has 0 aliphatic rings. The first-order valence-corrected chi connectivity index (χ1v) is 3.52. The molecule has 57 valence electrons. The van der Waals surface area contributed by atoms with Gasteiger partial charge in [-0.05, 0) is 0 Å². The van der Waals surface area contributed by atoms with Gasteiger partial charge in [-0.15, -0.1) is 0 Å². The molecule has 0 spiro atoms. The first-order valence-electron chi connectivity index (χ1n) is 2.64. The zero-order valence-corrected chi connectivity index (χ0v) is 6.17. The number of hydrogen-bond acceptors (Lipinski definition) is 5. The van der Waals surface area contributed by atoms with Crippen LogP contribution < -0.4 is 10.6 Å². The summed E-state index contributed by atoms with van der Waals surface area (Å²) in [5, 5.41) is 5.26. The van der Waals surface area contributed by atoms with Crippen LogP contribution in [0, 0.1) is 0 Å². The molecule has 0 saturated carbocycles. The average molecular weight is 170 g/mol. The minimum Gasteiger partial charge on any atom is -0.325 e. The van der Waals surface area contributed by atoms with Crippen molar-refractivity contribution in [1.29, 1.82) is 0 Å². The Morgan fingerprint density at radius 2 is 2.73 bits per heavy atom. The maximum Gasteiger partial charge on any atom is 0.305 e. The molecule has 6 heteroatoms. The molecule has 0 aromatic carbocycles. The van der Waals surface area contributed by atoms with Gasteiger partial charge in [-0.1, -0.05) is 16.5 Å². The average Bonchev–Trinajstić information content (AvgIpc) is 2.39. The number of amides is 1. The predicted molar refractivity (Wildman–Crippen MR) is 39.3 cm³/mol. The van der Waals surface area contributed by atoms with Crippen molar-refractivity contribution in [2.75, 3.05) is 0 Å². The molecule has 1 amide bonds. The van der Waals surface area contributed by atoms with E-state index in [9.17, 15) is 4.79 Å². The van der Waals surface area contributed by atoms with Crippen molar-refractivity contribution >= 4 is 23.5 Å². The maximum absolute atomic E-state index is 9.99. The van der Waals surface area contributed by atoms with Gasteiger partial charge >= 0.3 is 5.19 Å². The summed E-state index contributed by atoms with van der Waals surface area (Å²) in [7, 11) is 0. The highest BCUT2D eigenvalue weighted by atomic mass is 32.1. The van der Waals surface area contributed by atoms with Crippen LogP contribution in [0.1, 0.15) is 0 Å². The molecule has 1 rings (SSSR count). The fourth-order valence-corrected chi connectivity index (χ4v) is 0.821. The van der Waals surface area contributed by atoms with Gasteiger partial charge < -0.3 is 4.84 Å². The highest BCUT2D eigenvalue weighted by Crippen LogP contribution is 2.12. The van der Waals surface area contributed by atoms with E-state index in [0.29, 0.717) is 5.19 Å². The lowest BCUT2D eigenvalue weighted by Gasteiger charge is -1.86. The second-order valence-electron chi connectivity index (χ2n) is 1.49. The van der Waals surface area contributed by atoms with Gasteiger partial charge in [0.1, 0.15) is 6.21 Å². The number of rotatable bonds is 3. The molecule has 5 nitrogen and oxygen atoms in total.